The largest absolute Gasteiger partial charge is 0.321 e. The van der Waals surface area contributed by atoms with E-state index >= 15 is 0 Å². The fourth-order valence-corrected chi connectivity index (χ4v) is 3.07. The molecule has 0 saturated carbocycles. The number of pyridine rings is 1. The Kier molecular flexibility index (Phi) is 5.35. The second-order valence-electron chi connectivity index (χ2n) is 4.91. The van der Waals surface area contributed by atoms with Gasteiger partial charge in [0.25, 0.3) is 5.76 Å². The standard InChI is InChI=1S/C17H12ClF2N3OS/c18-16-12(23-10-4-3-7-14(23)22-16)8-9-15(24)21-11-5-1-2-6-13(11)25-17(19)20/h1-10,17H,(H,21,24)/b9-8+. The molecule has 0 bridgehead atoms. The summed E-state index contributed by atoms with van der Waals surface area (Å²) in [4.78, 5) is 16.6. The Labute approximate surface area is 151 Å². The summed E-state index contributed by atoms with van der Waals surface area (Å²) < 4.78 is 26.9. The molecule has 3 aromatic rings. The molecule has 1 aromatic carbocycles. The molecule has 0 saturated heterocycles. The van der Waals surface area contributed by atoms with Crippen LogP contribution in [0.1, 0.15) is 5.69 Å². The average molecular weight is 380 g/mol. The Bertz CT molecular complexity index is 943. The zero-order valence-corrected chi connectivity index (χ0v) is 14.3. The monoisotopic (exact) mass is 379 g/mol. The zero-order chi connectivity index (χ0) is 17.8. The van der Waals surface area contributed by atoms with Gasteiger partial charge in [0, 0.05) is 17.2 Å². The van der Waals surface area contributed by atoms with Crippen molar-refractivity contribution in [2.75, 3.05) is 5.32 Å². The molecule has 0 spiro atoms. The SMILES string of the molecule is O=C(/C=C/c1c(Cl)nc2ccccn12)Nc1ccccc1SC(F)F. The number of alkyl halides is 2. The molecule has 2 aromatic heterocycles. The van der Waals surface area contributed by atoms with E-state index in [1.807, 2.05) is 12.1 Å². The molecule has 8 heteroatoms. The Balaban J connectivity index is 1.79. The highest BCUT2D eigenvalue weighted by atomic mass is 35.5. The number of nitrogens with one attached hydrogen (secondary N) is 1. The van der Waals surface area contributed by atoms with E-state index in [2.05, 4.69) is 10.3 Å². The number of fused-ring (bicyclic) bond motifs is 1. The summed E-state index contributed by atoms with van der Waals surface area (Å²) in [7, 11) is 0. The van der Waals surface area contributed by atoms with Crippen LogP contribution >= 0.6 is 23.4 Å². The molecule has 0 aliphatic carbocycles. The minimum Gasteiger partial charge on any atom is -0.321 e. The van der Waals surface area contributed by atoms with Crippen molar-refractivity contribution in [3.8, 4) is 0 Å². The topological polar surface area (TPSA) is 46.4 Å². The van der Waals surface area contributed by atoms with Crippen molar-refractivity contribution in [2.45, 2.75) is 10.7 Å². The molecular weight excluding hydrogens is 368 g/mol. The maximum atomic E-state index is 12.6. The van der Waals surface area contributed by atoms with Gasteiger partial charge in [-0.2, -0.15) is 8.78 Å². The molecular formula is C17H12ClF2N3OS. The maximum Gasteiger partial charge on any atom is 0.288 e. The van der Waals surface area contributed by atoms with Gasteiger partial charge in [0.05, 0.1) is 11.4 Å². The van der Waals surface area contributed by atoms with E-state index in [-0.39, 0.29) is 5.15 Å². The lowest BCUT2D eigenvalue weighted by molar-refractivity contribution is -0.111. The van der Waals surface area contributed by atoms with Gasteiger partial charge in [-0.1, -0.05) is 41.6 Å². The van der Waals surface area contributed by atoms with E-state index in [0.717, 1.165) is 0 Å². The lowest BCUT2D eigenvalue weighted by Gasteiger charge is -2.08. The average Bonchev–Trinajstić information content (AvgIpc) is 2.89. The van der Waals surface area contributed by atoms with Crippen molar-refractivity contribution in [1.29, 1.82) is 0 Å². The van der Waals surface area contributed by atoms with Crippen LogP contribution in [0.2, 0.25) is 5.15 Å². The molecule has 25 heavy (non-hydrogen) atoms. The number of halogens is 3. The fourth-order valence-electron chi connectivity index (χ4n) is 2.23. The second kappa shape index (κ2) is 7.67. The molecule has 1 amide bonds. The number of anilines is 1. The first-order valence-corrected chi connectivity index (χ1v) is 8.46. The third kappa shape index (κ3) is 4.18. The molecule has 2 heterocycles. The number of para-hydroxylation sites is 1. The van der Waals surface area contributed by atoms with E-state index < -0.39 is 11.7 Å². The Morgan fingerprint density at radius 2 is 2.00 bits per heavy atom. The highest BCUT2D eigenvalue weighted by Crippen LogP contribution is 2.31. The van der Waals surface area contributed by atoms with Crippen LogP contribution in [-0.4, -0.2) is 21.0 Å². The quantitative estimate of drug-likeness (QED) is 0.503. The zero-order valence-electron chi connectivity index (χ0n) is 12.7. The number of nitrogens with zero attached hydrogens (tertiary/aromatic N) is 2. The summed E-state index contributed by atoms with van der Waals surface area (Å²) in [6.07, 6.45) is 4.59. The Hall–Kier alpha value is -2.38. The molecule has 1 N–H and O–H groups in total. The lowest BCUT2D eigenvalue weighted by Crippen LogP contribution is -2.08. The second-order valence-corrected chi connectivity index (χ2v) is 6.30. The van der Waals surface area contributed by atoms with Crippen LogP contribution in [0, 0.1) is 0 Å². The van der Waals surface area contributed by atoms with Gasteiger partial charge < -0.3 is 5.32 Å². The van der Waals surface area contributed by atoms with Gasteiger partial charge in [0.2, 0.25) is 5.91 Å². The first-order valence-electron chi connectivity index (χ1n) is 7.20. The number of rotatable bonds is 5. The van der Waals surface area contributed by atoms with Crippen molar-refractivity contribution in [3.05, 3.63) is 65.6 Å². The first kappa shape index (κ1) is 17.4. The van der Waals surface area contributed by atoms with Gasteiger partial charge in [-0.25, -0.2) is 4.98 Å². The van der Waals surface area contributed by atoms with Gasteiger partial charge in [-0.3, -0.25) is 9.20 Å². The van der Waals surface area contributed by atoms with Crippen molar-refractivity contribution in [3.63, 3.8) is 0 Å². The molecule has 0 aliphatic rings. The van der Waals surface area contributed by atoms with E-state index in [1.165, 1.54) is 18.2 Å². The van der Waals surface area contributed by atoms with Crippen LogP contribution in [0.25, 0.3) is 11.7 Å². The van der Waals surface area contributed by atoms with Crippen molar-refractivity contribution in [1.82, 2.24) is 9.38 Å². The number of carbonyl (C=O) groups excluding carboxylic acids is 1. The number of amides is 1. The highest BCUT2D eigenvalue weighted by Gasteiger charge is 2.11. The molecule has 0 radical (unpaired) electrons. The third-order valence-corrected chi connectivity index (χ3v) is 4.34. The summed E-state index contributed by atoms with van der Waals surface area (Å²) >= 11 is 6.47. The van der Waals surface area contributed by atoms with Gasteiger partial charge in [-0.05, 0) is 30.3 Å². The normalized spacial score (nSPS) is 11.5. The number of benzene rings is 1. The highest BCUT2D eigenvalue weighted by molar-refractivity contribution is 7.99. The summed E-state index contributed by atoms with van der Waals surface area (Å²) in [5.74, 6) is -3.02. The molecule has 0 unspecified atom stereocenters. The molecule has 0 fully saturated rings. The van der Waals surface area contributed by atoms with Crippen LogP contribution in [0.4, 0.5) is 14.5 Å². The Morgan fingerprint density at radius 3 is 2.80 bits per heavy atom. The lowest BCUT2D eigenvalue weighted by atomic mass is 10.3. The number of aromatic nitrogens is 2. The molecule has 0 aliphatic heterocycles. The van der Waals surface area contributed by atoms with E-state index in [1.54, 1.807) is 34.9 Å². The minimum atomic E-state index is -2.56. The number of thioether (sulfide) groups is 1. The van der Waals surface area contributed by atoms with Gasteiger partial charge in [0.1, 0.15) is 5.65 Å². The maximum absolute atomic E-state index is 12.6. The van der Waals surface area contributed by atoms with Crippen LogP contribution in [0.5, 0.6) is 0 Å². The van der Waals surface area contributed by atoms with Gasteiger partial charge in [-0.15, -0.1) is 0 Å². The third-order valence-electron chi connectivity index (χ3n) is 3.28. The smallest absolute Gasteiger partial charge is 0.288 e. The summed E-state index contributed by atoms with van der Waals surface area (Å²) in [6.45, 7) is 0. The molecule has 4 nitrogen and oxygen atoms in total. The number of hydrogen-bond acceptors (Lipinski definition) is 3. The van der Waals surface area contributed by atoms with Crippen LogP contribution in [0.3, 0.4) is 0 Å². The van der Waals surface area contributed by atoms with E-state index in [4.69, 9.17) is 11.6 Å². The van der Waals surface area contributed by atoms with Gasteiger partial charge >= 0.3 is 0 Å². The predicted octanol–water partition coefficient (Wildman–Crippen LogP) is 4.95. The number of imidazole rings is 1. The van der Waals surface area contributed by atoms with E-state index in [0.29, 0.717) is 33.7 Å². The predicted molar refractivity (Wildman–Crippen MR) is 96.2 cm³/mol. The Morgan fingerprint density at radius 1 is 1.24 bits per heavy atom. The summed E-state index contributed by atoms with van der Waals surface area (Å²) in [5, 5.41) is 2.86. The van der Waals surface area contributed by atoms with Crippen molar-refractivity contribution < 1.29 is 13.6 Å². The summed E-state index contributed by atoms with van der Waals surface area (Å²) in [5.41, 5.74) is 1.54. The number of hydrogen-bond donors (Lipinski definition) is 1. The van der Waals surface area contributed by atoms with Crippen molar-refractivity contribution >= 4 is 46.7 Å². The van der Waals surface area contributed by atoms with Crippen molar-refractivity contribution in [2.24, 2.45) is 0 Å². The van der Waals surface area contributed by atoms with Crippen LogP contribution < -0.4 is 5.32 Å². The minimum absolute atomic E-state index is 0.268. The van der Waals surface area contributed by atoms with E-state index in [9.17, 15) is 13.6 Å². The molecule has 3 rings (SSSR count). The fraction of sp³-hybridized carbons (Fsp3) is 0.0588. The van der Waals surface area contributed by atoms with Crippen LogP contribution in [-0.2, 0) is 4.79 Å². The van der Waals surface area contributed by atoms with Gasteiger partial charge in [0.15, 0.2) is 5.15 Å². The van der Waals surface area contributed by atoms with Crippen LogP contribution in [0.15, 0.2) is 59.6 Å². The first-order chi connectivity index (χ1) is 12.0. The molecule has 128 valence electrons. The molecule has 0 atom stereocenters. The number of carbonyl (C=O) groups is 1. The summed E-state index contributed by atoms with van der Waals surface area (Å²) in [6, 6.07) is 11.8.